The van der Waals surface area contributed by atoms with Crippen LogP contribution in [0.5, 0.6) is 0 Å². The maximum atomic E-state index is 11.4. The van der Waals surface area contributed by atoms with Gasteiger partial charge in [-0.15, -0.1) is 0 Å². The molecule has 2 unspecified atom stereocenters. The molecule has 0 spiro atoms. The van der Waals surface area contributed by atoms with Crippen LogP contribution in [0.2, 0.25) is 0 Å². The normalized spacial score (nSPS) is 28.9. The van der Waals surface area contributed by atoms with Crippen LogP contribution in [-0.2, 0) is 9.84 Å². The highest BCUT2D eigenvalue weighted by Gasteiger charge is 2.30. The van der Waals surface area contributed by atoms with Crippen molar-refractivity contribution in [2.24, 2.45) is 5.73 Å². The van der Waals surface area contributed by atoms with Crippen LogP contribution in [0.25, 0.3) is 0 Å². The van der Waals surface area contributed by atoms with Crippen LogP contribution in [0, 0.1) is 0 Å². The third kappa shape index (κ3) is 3.74. The second-order valence-electron chi connectivity index (χ2n) is 4.48. The van der Waals surface area contributed by atoms with E-state index < -0.39 is 9.84 Å². The Morgan fingerprint density at radius 3 is 2.73 bits per heavy atom. The molecule has 1 rings (SSSR count). The van der Waals surface area contributed by atoms with Gasteiger partial charge in [0.25, 0.3) is 0 Å². The third-order valence-corrected chi connectivity index (χ3v) is 4.91. The molecule has 1 aliphatic heterocycles. The fourth-order valence-corrected chi connectivity index (χ4v) is 3.83. The van der Waals surface area contributed by atoms with E-state index in [2.05, 4.69) is 11.8 Å². The van der Waals surface area contributed by atoms with Crippen molar-refractivity contribution in [3.8, 4) is 0 Å². The molecule has 0 saturated carbocycles. The zero-order chi connectivity index (χ0) is 11.5. The first-order valence-corrected chi connectivity index (χ1v) is 7.44. The van der Waals surface area contributed by atoms with Gasteiger partial charge in [0, 0.05) is 18.6 Å². The predicted octanol–water partition coefficient (Wildman–Crippen LogP) is 0.233. The number of sulfone groups is 1. The minimum absolute atomic E-state index is 0.150. The van der Waals surface area contributed by atoms with Crippen molar-refractivity contribution in [3.05, 3.63) is 0 Å². The summed E-state index contributed by atoms with van der Waals surface area (Å²) in [6.07, 6.45) is 2.07. The fourth-order valence-electron chi connectivity index (χ4n) is 2.25. The maximum absolute atomic E-state index is 11.4. The van der Waals surface area contributed by atoms with E-state index in [1.165, 1.54) is 0 Å². The lowest BCUT2D eigenvalue weighted by molar-refractivity contribution is 0.159. The number of nitrogens with zero attached hydrogens (tertiary/aromatic N) is 1. The first-order valence-electron chi connectivity index (χ1n) is 5.62. The molecule has 1 aliphatic rings. The molecular formula is C10H22N2O2S. The van der Waals surface area contributed by atoms with Crippen molar-refractivity contribution >= 4 is 9.84 Å². The topological polar surface area (TPSA) is 63.4 Å². The summed E-state index contributed by atoms with van der Waals surface area (Å²) in [6.45, 7) is 5.54. The Bertz CT molecular complexity index is 290. The van der Waals surface area contributed by atoms with Crippen molar-refractivity contribution in [1.29, 1.82) is 0 Å². The lowest BCUT2D eigenvalue weighted by atomic mass is 10.1. The Labute approximate surface area is 92.7 Å². The molecule has 0 radical (unpaired) electrons. The molecule has 0 amide bonds. The van der Waals surface area contributed by atoms with Crippen LogP contribution in [0.4, 0.5) is 0 Å². The highest BCUT2D eigenvalue weighted by atomic mass is 32.2. The predicted molar refractivity (Wildman–Crippen MR) is 62.6 cm³/mol. The lowest BCUT2D eigenvalue weighted by Crippen LogP contribution is -2.50. The fraction of sp³-hybridized carbons (Fsp3) is 1.00. The monoisotopic (exact) mass is 234 g/mol. The summed E-state index contributed by atoms with van der Waals surface area (Å²) in [6, 6.07) is 0.593. The molecule has 0 aromatic rings. The summed E-state index contributed by atoms with van der Waals surface area (Å²) >= 11 is 0. The standard InChI is InChI=1S/C10H22N2O2S/c1-9(4-3-5-11)12-6-7-15(13,14)8-10(12)2/h9-10H,3-8,11H2,1-2H3. The minimum Gasteiger partial charge on any atom is -0.330 e. The summed E-state index contributed by atoms with van der Waals surface area (Å²) < 4.78 is 22.8. The van der Waals surface area contributed by atoms with Gasteiger partial charge in [0.15, 0.2) is 9.84 Å². The van der Waals surface area contributed by atoms with Crippen LogP contribution in [0.3, 0.4) is 0 Å². The Hall–Kier alpha value is -0.130. The van der Waals surface area contributed by atoms with Gasteiger partial charge in [0.1, 0.15) is 0 Å². The maximum Gasteiger partial charge on any atom is 0.153 e. The van der Waals surface area contributed by atoms with E-state index in [1.54, 1.807) is 0 Å². The quantitative estimate of drug-likeness (QED) is 0.756. The van der Waals surface area contributed by atoms with Gasteiger partial charge in [0.2, 0.25) is 0 Å². The third-order valence-electron chi connectivity index (χ3n) is 3.11. The molecule has 0 bridgehead atoms. The molecule has 1 fully saturated rings. The first-order chi connectivity index (χ1) is 6.96. The molecule has 4 nitrogen and oxygen atoms in total. The van der Waals surface area contributed by atoms with Crippen LogP contribution >= 0.6 is 0 Å². The molecular weight excluding hydrogens is 212 g/mol. The van der Waals surface area contributed by atoms with Crippen molar-refractivity contribution in [2.45, 2.75) is 38.8 Å². The second-order valence-corrected chi connectivity index (χ2v) is 6.71. The summed E-state index contributed by atoms with van der Waals surface area (Å²) in [4.78, 5) is 2.29. The van der Waals surface area contributed by atoms with Gasteiger partial charge in [0.05, 0.1) is 11.5 Å². The summed E-state index contributed by atoms with van der Waals surface area (Å²) in [5.41, 5.74) is 5.47. The Balaban J connectivity index is 2.50. The van der Waals surface area contributed by atoms with E-state index >= 15 is 0 Å². The van der Waals surface area contributed by atoms with Crippen molar-refractivity contribution in [3.63, 3.8) is 0 Å². The average Bonchev–Trinajstić information content (AvgIpc) is 2.12. The van der Waals surface area contributed by atoms with Crippen molar-refractivity contribution in [1.82, 2.24) is 4.90 Å². The van der Waals surface area contributed by atoms with Gasteiger partial charge in [-0.25, -0.2) is 8.42 Å². The van der Waals surface area contributed by atoms with E-state index in [4.69, 9.17) is 5.73 Å². The molecule has 5 heteroatoms. The molecule has 90 valence electrons. The number of nitrogens with two attached hydrogens (primary N) is 1. The second kappa shape index (κ2) is 5.27. The molecule has 0 aromatic heterocycles. The van der Waals surface area contributed by atoms with Gasteiger partial charge in [-0.2, -0.15) is 0 Å². The number of hydrogen-bond donors (Lipinski definition) is 1. The van der Waals surface area contributed by atoms with Gasteiger partial charge >= 0.3 is 0 Å². The van der Waals surface area contributed by atoms with Gasteiger partial charge in [-0.3, -0.25) is 4.90 Å². The van der Waals surface area contributed by atoms with Crippen LogP contribution in [0.1, 0.15) is 26.7 Å². The Kier molecular flexibility index (Phi) is 4.55. The molecule has 2 atom stereocenters. The number of rotatable bonds is 4. The van der Waals surface area contributed by atoms with E-state index in [-0.39, 0.29) is 6.04 Å². The molecule has 1 saturated heterocycles. The Morgan fingerprint density at radius 1 is 1.53 bits per heavy atom. The minimum atomic E-state index is -2.79. The zero-order valence-electron chi connectivity index (χ0n) is 9.65. The number of hydrogen-bond acceptors (Lipinski definition) is 4. The molecule has 2 N–H and O–H groups in total. The molecule has 15 heavy (non-hydrogen) atoms. The summed E-state index contributed by atoms with van der Waals surface area (Å²) in [5, 5.41) is 0. The van der Waals surface area contributed by atoms with Crippen LogP contribution in [-0.4, -0.2) is 50.0 Å². The summed E-state index contributed by atoms with van der Waals surface area (Å²) in [7, 11) is -2.79. The highest BCUT2D eigenvalue weighted by molar-refractivity contribution is 7.91. The summed E-state index contributed by atoms with van der Waals surface area (Å²) in [5.74, 6) is 0.615. The average molecular weight is 234 g/mol. The van der Waals surface area contributed by atoms with E-state index in [9.17, 15) is 8.42 Å². The van der Waals surface area contributed by atoms with Crippen molar-refractivity contribution in [2.75, 3.05) is 24.6 Å². The smallest absolute Gasteiger partial charge is 0.153 e. The molecule has 1 heterocycles. The van der Waals surface area contributed by atoms with E-state index in [1.807, 2.05) is 6.92 Å². The van der Waals surface area contributed by atoms with Gasteiger partial charge < -0.3 is 5.73 Å². The Morgan fingerprint density at radius 2 is 2.20 bits per heavy atom. The SMILES string of the molecule is CC(CCCN)N1CCS(=O)(=O)CC1C. The molecule has 0 aromatic carbocycles. The zero-order valence-corrected chi connectivity index (χ0v) is 10.5. The van der Waals surface area contributed by atoms with Gasteiger partial charge in [-0.1, -0.05) is 0 Å². The van der Waals surface area contributed by atoms with Crippen molar-refractivity contribution < 1.29 is 8.42 Å². The lowest BCUT2D eigenvalue weighted by Gasteiger charge is -2.37. The van der Waals surface area contributed by atoms with Crippen LogP contribution < -0.4 is 5.73 Å². The van der Waals surface area contributed by atoms with E-state index in [0.29, 0.717) is 30.6 Å². The highest BCUT2D eigenvalue weighted by Crippen LogP contribution is 2.17. The molecule has 0 aliphatic carbocycles. The van der Waals surface area contributed by atoms with Crippen LogP contribution in [0.15, 0.2) is 0 Å². The van der Waals surface area contributed by atoms with Gasteiger partial charge in [-0.05, 0) is 33.2 Å². The van der Waals surface area contributed by atoms with E-state index in [0.717, 1.165) is 12.8 Å². The largest absolute Gasteiger partial charge is 0.330 e. The first kappa shape index (κ1) is 12.9.